The summed E-state index contributed by atoms with van der Waals surface area (Å²) >= 11 is 1.24. The van der Waals surface area contributed by atoms with E-state index in [0.29, 0.717) is 46.7 Å². The van der Waals surface area contributed by atoms with Crippen LogP contribution in [-0.4, -0.2) is 29.9 Å². The summed E-state index contributed by atoms with van der Waals surface area (Å²) in [6, 6.07) is 5.06. The van der Waals surface area contributed by atoms with Gasteiger partial charge in [0.25, 0.3) is 5.91 Å². The first-order valence-electron chi connectivity index (χ1n) is 8.36. The number of hydrogen-bond acceptors (Lipinski definition) is 6. The van der Waals surface area contributed by atoms with Crippen molar-refractivity contribution in [2.24, 2.45) is 0 Å². The second-order valence-corrected chi connectivity index (χ2v) is 6.55. The highest BCUT2D eigenvalue weighted by Gasteiger charge is 2.23. The second-order valence-electron chi connectivity index (χ2n) is 5.55. The van der Waals surface area contributed by atoms with E-state index in [-0.39, 0.29) is 11.7 Å². The molecule has 3 rings (SSSR count). The van der Waals surface area contributed by atoms with Gasteiger partial charge >= 0.3 is 0 Å². The van der Waals surface area contributed by atoms with Gasteiger partial charge in [-0.15, -0.1) is 0 Å². The van der Waals surface area contributed by atoms with E-state index in [2.05, 4.69) is 10.3 Å². The van der Waals surface area contributed by atoms with Gasteiger partial charge in [0, 0.05) is 12.0 Å². The minimum Gasteiger partial charge on any atom is -0.490 e. The number of nitrogens with one attached hydrogen (secondary N) is 1. The molecule has 25 heavy (non-hydrogen) atoms. The molecule has 1 aliphatic rings. The molecule has 6 nitrogen and oxygen atoms in total. The van der Waals surface area contributed by atoms with Crippen LogP contribution in [0.3, 0.4) is 0 Å². The van der Waals surface area contributed by atoms with E-state index in [4.69, 9.17) is 9.47 Å². The Hall–Kier alpha value is -2.41. The van der Waals surface area contributed by atoms with Gasteiger partial charge in [-0.1, -0.05) is 11.3 Å². The Morgan fingerprint density at radius 3 is 2.68 bits per heavy atom. The molecule has 1 aliphatic carbocycles. The lowest BCUT2D eigenvalue weighted by atomic mass is 10.0. The third-order valence-electron chi connectivity index (χ3n) is 3.79. The quantitative estimate of drug-likeness (QED) is 0.850. The standard InChI is InChI=1S/C18H20N2O4S/c1-3-23-14-9-8-11(10-15(14)24-4-2)17(22)20-18-19-12-6-5-7-13(21)16(12)25-18/h8-10H,3-7H2,1-2H3,(H,19,20,22). The summed E-state index contributed by atoms with van der Waals surface area (Å²) in [4.78, 5) is 29.5. The molecule has 0 bridgehead atoms. The zero-order valence-electron chi connectivity index (χ0n) is 14.3. The largest absolute Gasteiger partial charge is 0.490 e. The van der Waals surface area contributed by atoms with E-state index in [1.165, 1.54) is 11.3 Å². The number of amides is 1. The van der Waals surface area contributed by atoms with Crippen molar-refractivity contribution < 1.29 is 19.1 Å². The molecule has 1 aromatic heterocycles. The second kappa shape index (κ2) is 7.65. The van der Waals surface area contributed by atoms with Crippen LogP contribution in [0.25, 0.3) is 0 Å². The Balaban J connectivity index is 1.79. The number of aryl methyl sites for hydroxylation is 1. The molecule has 1 amide bonds. The smallest absolute Gasteiger partial charge is 0.257 e. The molecule has 0 saturated carbocycles. The van der Waals surface area contributed by atoms with E-state index in [1.807, 2.05) is 13.8 Å². The molecule has 0 radical (unpaired) electrons. The minimum atomic E-state index is -0.289. The maximum atomic E-state index is 12.5. The van der Waals surface area contributed by atoms with E-state index >= 15 is 0 Å². The molecular formula is C18H20N2O4S. The Kier molecular flexibility index (Phi) is 5.33. The van der Waals surface area contributed by atoms with Gasteiger partial charge in [0.15, 0.2) is 22.4 Å². The fourth-order valence-electron chi connectivity index (χ4n) is 2.68. The molecule has 1 N–H and O–H groups in total. The summed E-state index contributed by atoms with van der Waals surface area (Å²) in [5.74, 6) is 0.961. The Morgan fingerprint density at radius 2 is 1.96 bits per heavy atom. The maximum Gasteiger partial charge on any atom is 0.257 e. The van der Waals surface area contributed by atoms with Gasteiger partial charge < -0.3 is 9.47 Å². The van der Waals surface area contributed by atoms with Gasteiger partial charge in [0.1, 0.15) is 0 Å². The number of ether oxygens (including phenoxy) is 2. The van der Waals surface area contributed by atoms with Crippen LogP contribution in [0.4, 0.5) is 5.13 Å². The van der Waals surface area contributed by atoms with Gasteiger partial charge in [-0.05, 0) is 44.9 Å². The zero-order valence-corrected chi connectivity index (χ0v) is 15.1. The Morgan fingerprint density at radius 1 is 1.20 bits per heavy atom. The predicted molar refractivity (Wildman–Crippen MR) is 96.1 cm³/mol. The fraction of sp³-hybridized carbons (Fsp3) is 0.389. The molecule has 0 fully saturated rings. The minimum absolute atomic E-state index is 0.110. The number of carbonyl (C=O) groups excluding carboxylic acids is 2. The van der Waals surface area contributed by atoms with E-state index in [1.54, 1.807) is 18.2 Å². The van der Waals surface area contributed by atoms with Gasteiger partial charge in [-0.3, -0.25) is 14.9 Å². The Bertz CT molecular complexity index is 800. The fourth-order valence-corrected chi connectivity index (χ4v) is 3.66. The van der Waals surface area contributed by atoms with Crippen molar-refractivity contribution in [1.82, 2.24) is 4.98 Å². The first kappa shape index (κ1) is 17.4. The zero-order chi connectivity index (χ0) is 17.8. The number of rotatable bonds is 6. The van der Waals surface area contributed by atoms with Crippen LogP contribution in [-0.2, 0) is 6.42 Å². The highest BCUT2D eigenvalue weighted by Crippen LogP contribution is 2.31. The highest BCUT2D eigenvalue weighted by molar-refractivity contribution is 7.17. The summed E-state index contributed by atoms with van der Waals surface area (Å²) in [6.45, 7) is 4.76. The summed E-state index contributed by atoms with van der Waals surface area (Å²) in [7, 11) is 0. The molecule has 0 spiro atoms. The summed E-state index contributed by atoms with van der Waals surface area (Å²) in [6.07, 6.45) is 2.16. The van der Waals surface area contributed by atoms with Crippen LogP contribution >= 0.6 is 11.3 Å². The topological polar surface area (TPSA) is 77.5 Å². The van der Waals surface area contributed by atoms with Crippen LogP contribution in [0.15, 0.2) is 18.2 Å². The molecular weight excluding hydrogens is 340 g/mol. The average Bonchev–Trinajstić information content (AvgIpc) is 3.01. The molecule has 132 valence electrons. The molecule has 7 heteroatoms. The van der Waals surface area contributed by atoms with Crippen molar-refractivity contribution in [3.8, 4) is 11.5 Å². The van der Waals surface area contributed by atoms with Crippen molar-refractivity contribution in [2.75, 3.05) is 18.5 Å². The SMILES string of the molecule is CCOc1ccc(C(=O)Nc2nc3c(s2)C(=O)CCC3)cc1OCC. The number of carbonyl (C=O) groups is 2. The molecule has 1 aromatic carbocycles. The maximum absolute atomic E-state index is 12.5. The normalized spacial score (nSPS) is 13.3. The van der Waals surface area contributed by atoms with Crippen LogP contribution in [0, 0.1) is 0 Å². The van der Waals surface area contributed by atoms with Crippen molar-refractivity contribution in [3.63, 3.8) is 0 Å². The van der Waals surface area contributed by atoms with Crippen molar-refractivity contribution in [2.45, 2.75) is 33.1 Å². The lowest BCUT2D eigenvalue weighted by Gasteiger charge is -2.12. The molecule has 0 aliphatic heterocycles. The summed E-state index contributed by atoms with van der Waals surface area (Å²) in [5.41, 5.74) is 1.24. The van der Waals surface area contributed by atoms with Gasteiger partial charge in [0.2, 0.25) is 0 Å². The van der Waals surface area contributed by atoms with E-state index < -0.39 is 0 Å². The number of aromatic nitrogens is 1. The summed E-state index contributed by atoms with van der Waals surface area (Å²) < 4.78 is 11.1. The van der Waals surface area contributed by atoms with Crippen LogP contribution in [0.1, 0.15) is 52.4 Å². The van der Waals surface area contributed by atoms with Crippen LogP contribution < -0.4 is 14.8 Å². The molecule has 0 saturated heterocycles. The highest BCUT2D eigenvalue weighted by atomic mass is 32.1. The average molecular weight is 360 g/mol. The number of hydrogen-bond donors (Lipinski definition) is 1. The van der Waals surface area contributed by atoms with Crippen molar-refractivity contribution >= 4 is 28.2 Å². The number of ketones is 1. The first-order chi connectivity index (χ1) is 12.1. The third-order valence-corrected chi connectivity index (χ3v) is 4.85. The van der Waals surface area contributed by atoms with Crippen molar-refractivity contribution in [1.29, 1.82) is 0 Å². The van der Waals surface area contributed by atoms with Gasteiger partial charge in [-0.2, -0.15) is 0 Å². The third kappa shape index (κ3) is 3.82. The van der Waals surface area contributed by atoms with Crippen molar-refractivity contribution in [3.05, 3.63) is 34.3 Å². The lowest BCUT2D eigenvalue weighted by Crippen LogP contribution is -2.12. The Labute approximate surface area is 150 Å². The monoisotopic (exact) mass is 360 g/mol. The number of Topliss-reactive ketones (excluding diaryl/α,β-unsaturated/α-hetero) is 1. The predicted octanol–water partition coefficient (Wildman–Crippen LogP) is 3.71. The van der Waals surface area contributed by atoms with E-state index in [0.717, 1.165) is 18.5 Å². The number of anilines is 1. The van der Waals surface area contributed by atoms with E-state index in [9.17, 15) is 9.59 Å². The van der Waals surface area contributed by atoms with Crippen LogP contribution in [0.2, 0.25) is 0 Å². The van der Waals surface area contributed by atoms with Gasteiger partial charge in [-0.25, -0.2) is 4.98 Å². The van der Waals surface area contributed by atoms with Crippen LogP contribution in [0.5, 0.6) is 11.5 Å². The molecule has 2 aromatic rings. The number of fused-ring (bicyclic) bond motifs is 1. The molecule has 0 atom stereocenters. The molecule has 0 unspecified atom stereocenters. The first-order valence-corrected chi connectivity index (χ1v) is 9.18. The number of benzene rings is 1. The number of thiazole rings is 1. The summed E-state index contributed by atoms with van der Waals surface area (Å²) in [5, 5.41) is 3.23. The molecule has 1 heterocycles. The van der Waals surface area contributed by atoms with Gasteiger partial charge in [0.05, 0.1) is 23.8 Å². The number of nitrogens with zero attached hydrogens (tertiary/aromatic N) is 1. The lowest BCUT2D eigenvalue weighted by molar-refractivity contribution is 0.0975.